The Morgan fingerprint density at radius 2 is 1.85 bits per heavy atom. The van der Waals surface area contributed by atoms with Crippen LogP contribution in [0.4, 0.5) is 4.39 Å². The molecular formula is C15H25FN2O2. The average molecular weight is 284 g/mol. The zero-order valence-corrected chi connectivity index (χ0v) is 12.7. The summed E-state index contributed by atoms with van der Waals surface area (Å²) >= 11 is 0. The molecule has 0 radical (unpaired) electrons. The summed E-state index contributed by atoms with van der Waals surface area (Å²) in [6.45, 7) is 5.18. The summed E-state index contributed by atoms with van der Waals surface area (Å²) in [6, 6.07) is -0.561. The number of rotatable bonds is 2. The number of amides is 2. The number of hydrogen-bond acceptors (Lipinski definition) is 2. The SMILES string of the molecule is CC(C)(C)C1NC(=O)C2(CCCCC2)N(CCF)C1=O. The molecule has 0 bridgehead atoms. The van der Waals surface area contributed by atoms with E-state index in [0.29, 0.717) is 12.8 Å². The fourth-order valence-electron chi connectivity index (χ4n) is 3.45. The lowest BCUT2D eigenvalue weighted by Gasteiger charge is -2.51. The second-order valence-electron chi connectivity index (χ2n) is 7.04. The summed E-state index contributed by atoms with van der Waals surface area (Å²) in [4.78, 5) is 26.9. The van der Waals surface area contributed by atoms with Gasteiger partial charge in [0, 0.05) is 0 Å². The summed E-state index contributed by atoms with van der Waals surface area (Å²) in [5.74, 6) is -0.221. The minimum atomic E-state index is -0.802. The first-order valence-electron chi connectivity index (χ1n) is 7.51. The number of piperazine rings is 1. The molecule has 0 aromatic rings. The molecule has 0 aromatic heterocycles. The van der Waals surface area contributed by atoms with E-state index >= 15 is 0 Å². The van der Waals surface area contributed by atoms with Gasteiger partial charge in [-0.2, -0.15) is 0 Å². The van der Waals surface area contributed by atoms with Gasteiger partial charge in [0.15, 0.2) is 0 Å². The van der Waals surface area contributed by atoms with Crippen molar-refractivity contribution in [1.82, 2.24) is 10.2 Å². The molecule has 20 heavy (non-hydrogen) atoms. The van der Waals surface area contributed by atoms with Gasteiger partial charge in [0.1, 0.15) is 18.3 Å². The highest BCUT2D eigenvalue weighted by Crippen LogP contribution is 2.38. The summed E-state index contributed by atoms with van der Waals surface area (Å²) in [5, 5.41) is 2.90. The van der Waals surface area contributed by atoms with Crippen LogP contribution < -0.4 is 5.32 Å². The Morgan fingerprint density at radius 3 is 2.35 bits per heavy atom. The largest absolute Gasteiger partial charge is 0.342 e. The van der Waals surface area contributed by atoms with Gasteiger partial charge in [-0.3, -0.25) is 9.59 Å². The highest BCUT2D eigenvalue weighted by molar-refractivity contribution is 6.00. The van der Waals surface area contributed by atoms with Crippen LogP contribution in [0.5, 0.6) is 0 Å². The van der Waals surface area contributed by atoms with E-state index in [4.69, 9.17) is 0 Å². The monoisotopic (exact) mass is 284 g/mol. The lowest BCUT2D eigenvalue weighted by Crippen LogP contribution is -2.73. The van der Waals surface area contributed by atoms with Gasteiger partial charge in [0.05, 0.1) is 6.54 Å². The zero-order chi connectivity index (χ0) is 15.0. The molecule has 1 aliphatic heterocycles. The van der Waals surface area contributed by atoms with Gasteiger partial charge in [0.25, 0.3) is 0 Å². The summed E-state index contributed by atoms with van der Waals surface area (Å²) in [5.41, 5.74) is -1.17. The minimum Gasteiger partial charge on any atom is -0.342 e. The van der Waals surface area contributed by atoms with Crippen molar-refractivity contribution < 1.29 is 14.0 Å². The van der Waals surface area contributed by atoms with E-state index in [2.05, 4.69) is 5.32 Å². The van der Waals surface area contributed by atoms with Crippen LogP contribution in [-0.2, 0) is 9.59 Å². The Balaban J connectivity index is 2.35. The molecule has 5 heteroatoms. The Morgan fingerprint density at radius 1 is 1.25 bits per heavy atom. The van der Waals surface area contributed by atoms with Crippen LogP contribution in [-0.4, -0.2) is 41.5 Å². The van der Waals surface area contributed by atoms with Crippen LogP contribution in [0.15, 0.2) is 0 Å². The van der Waals surface area contributed by atoms with E-state index in [1.807, 2.05) is 20.8 Å². The molecule has 1 N–H and O–H groups in total. The molecule has 2 amide bonds. The number of alkyl halides is 1. The Bertz CT molecular complexity index is 397. The number of carbonyl (C=O) groups is 2. The van der Waals surface area contributed by atoms with Crippen molar-refractivity contribution in [2.75, 3.05) is 13.2 Å². The van der Waals surface area contributed by atoms with E-state index in [9.17, 15) is 14.0 Å². The standard InChI is InChI=1S/C15H25FN2O2/c1-14(2,3)11-12(19)18(10-9-16)15(13(20)17-11)7-5-4-6-8-15/h11H,4-10H2,1-3H3,(H,17,20). The molecule has 1 saturated heterocycles. The van der Waals surface area contributed by atoms with Gasteiger partial charge in [-0.05, 0) is 18.3 Å². The average Bonchev–Trinajstić information content (AvgIpc) is 2.39. The van der Waals surface area contributed by atoms with Crippen molar-refractivity contribution in [3.63, 3.8) is 0 Å². The lowest BCUT2D eigenvalue weighted by molar-refractivity contribution is -0.163. The Hall–Kier alpha value is -1.13. The molecular weight excluding hydrogens is 259 g/mol. The molecule has 1 aliphatic carbocycles. The van der Waals surface area contributed by atoms with Gasteiger partial charge in [-0.15, -0.1) is 0 Å². The summed E-state index contributed by atoms with van der Waals surface area (Å²) in [7, 11) is 0. The van der Waals surface area contributed by atoms with Crippen LogP contribution in [0.1, 0.15) is 52.9 Å². The van der Waals surface area contributed by atoms with Crippen LogP contribution in [0.3, 0.4) is 0 Å². The maximum atomic E-state index is 12.9. The molecule has 2 rings (SSSR count). The van der Waals surface area contributed by atoms with Gasteiger partial charge >= 0.3 is 0 Å². The maximum Gasteiger partial charge on any atom is 0.246 e. The van der Waals surface area contributed by atoms with Crippen LogP contribution in [0.2, 0.25) is 0 Å². The predicted octanol–water partition coefficient (Wildman–Crippen LogP) is 2.03. The molecule has 2 fully saturated rings. The Labute approximate surface area is 120 Å². The van der Waals surface area contributed by atoms with Crippen LogP contribution >= 0.6 is 0 Å². The third-order valence-corrected chi connectivity index (χ3v) is 4.58. The first kappa shape index (κ1) is 15.3. The van der Waals surface area contributed by atoms with Crippen molar-refractivity contribution in [3.8, 4) is 0 Å². The van der Waals surface area contributed by atoms with Gasteiger partial charge in [-0.1, -0.05) is 40.0 Å². The number of nitrogens with zero attached hydrogens (tertiary/aromatic N) is 1. The first-order valence-corrected chi connectivity index (χ1v) is 7.51. The van der Waals surface area contributed by atoms with Crippen LogP contribution in [0, 0.1) is 5.41 Å². The molecule has 2 aliphatic rings. The molecule has 0 aromatic carbocycles. The van der Waals surface area contributed by atoms with E-state index in [1.54, 1.807) is 0 Å². The number of halogens is 1. The molecule has 1 unspecified atom stereocenters. The second-order valence-corrected chi connectivity index (χ2v) is 7.04. The molecule has 1 saturated carbocycles. The second kappa shape index (κ2) is 5.34. The van der Waals surface area contributed by atoms with Crippen molar-refractivity contribution in [2.24, 2.45) is 5.41 Å². The topological polar surface area (TPSA) is 49.4 Å². The van der Waals surface area contributed by atoms with Gasteiger partial charge < -0.3 is 10.2 Å². The van der Waals surface area contributed by atoms with E-state index in [0.717, 1.165) is 19.3 Å². The molecule has 4 nitrogen and oxygen atoms in total. The van der Waals surface area contributed by atoms with Crippen molar-refractivity contribution >= 4 is 11.8 Å². The number of carbonyl (C=O) groups excluding carboxylic acids is 2. The zero-order valence-electron chi connectivity index (χ0n) is 12.7. The fraction of sp³-hybridized carbons (Fsp3) is 0.867. The highest BCUT2D eigenvalue weighted by atomic mass is 19.1. The van der Waals surface area contributed by atoms with E-state index in [-0.39, 0.29) is 23.8 Å². The van der Waals surface area contributed by atoms with Crippen molar-refractivity contribution in [1.29, 1.82) is 0 Å². The van der Waals surface area contributed by atoms with E-state index in [1.165, 1.54) is 4.90 Å². The molecule has 114 valence electrons. The molecule has 1 spiro atoms. The van der Waals surface area contributed by atoms with Gasteiger partial charge in [0.2, 0.25) is 11.8 Å². The smallest absolute Gasteiger partial charge is 0.246 e. The normalized spacial score (nSPS) is 26.8. The third-order valence-electron chi connectivity index (χ3n) is 4.58. The third kappa shape index (κ3) is 2.42. The van der Waals surface area contributed by atoms with E-state index < -0.39 is 18.3 Å². The fourth-order valence-corrected chi connectivity index (χ4v) is 3.45. The first-order chi connectivity index (χ1) is 9.33. The lowest BCUT2D eigenvalue weighted by atomic mass is 9.74. The number of nitrogens with one attached hydrogen (secondary N) is 1. The number of hydrogen-bond donors (Lipinski definition) is 1. The van der Waals surface area contributed by atoms with Crippen molar-refractivity contribution in [3.05, 3.63) is 0 Å². The molecule has 1 atom stereocenters. The minimum absolute atomic E-state index is 0.0266. The van der Waals surface area contributed by atoms with Crippen molar-refractivity contribution in [2.45, 2.75) is 64.5 Å². The highest BCUT2D eigenvalue weighted by Gasteiger charge is 2.54. The molecule has 1 heterocycles. The van der Waals surface area contributed by atoms with Gasteiger partial charge in [-0.25, -0.2) is 4.39 Å². The summed E-state index contributed by atoms with van der Waals surface area (Å²) in [6.07, 6.45) is 4.23. The predicted molar refractivity (Wildman–Crippen MR) is 74.9 cm³/mol. The quantitative estimate of drug-likeness (QED) is 0.843. The Kier molecular flexibility index (Phi) is 4.07. The summed E-state index contributed by atoms with van der Waals surface area (Å²) < 4.78 is 12.9. The maximum absolute atomic E-state index is 12.9. The van der Waals surface area contributed by atoms with Crippen LogP contribution in [0.25, 0.3) is 0 Å².